The molecule has 0 heterocycles. The molecule has 1 aromatic carbocycles. The quantitative estimate of drug-likeness (QED) is 0.491. The third kappa shape index (κ3) is 3.55. The van der Waals surface area contributed by atoms with Gasteiger partial charge in [-0.15, -0.1) is 5.92 Å². The maximum absolute atomic E-state index is 11.6. The van der Waals surface area contributed by atoms with Crippen molar-refractivity contribution in [1.29, 1.82) is 0 Å². The number of nitro benzene ring substituents is 1. The van der Waals surface area contributed by atoms with Gasteiger partial charge in [0.2, 0.25) is 10.0 Å². The maximum atomic E-state index is 11.6. The topological polar surface area (TPSA) is 89.3 Å². The van der Waals surface area contributed by atoms with E-state index in [9.17, 15) is 18.5 Å². The number of rotatable bonds is 4. The largest absolute Gasteiger partial charge is 0.269 e. The van der Waals surface area contributed by atoms with Gasteiger partial charge in [-0.2, -0.15) is 4.72 Å². The number of nitro groups is 1. The highest BCUT2D eigenvalue weighted by atomic mass is 32.2. The summed E-state index contributed by atoms with van der Waals surface area (Å²) in [4.78, 5) is 9.78. The van der Waals surface area contributed by atoms with E-state index in [4.69, 9.17) is 0 Å². The average molecular weight is 254 g/mol. The summed E-state index contributed by atoms with van der Waals surface area (Å²) in [6.07, 6.45) is 0. The molecule has 0 aliphatic heterocycles. The highest BCUT2D eigenvalue weighted by Gasteiger charge is 2.14. The molecule has 0 fully saturated rings. The van der Waals surface area contributed by atoms with Gasteiger partial charge in [0.15, 0.2) is 0 Å². The fourth-order valence-corrected chi connectivity index (χ4v) is 1.97. The Bertz CT molecular complexity index is 567. The lowest BCUT2D eigenvalue weighted by Crippen LogP contribution is -2.23. The molecule has 0 spiro atoms. The van der Waals surface area contributed by atoms with Crippen LogP contribution in [-0.2, 0) is 10.0 Å². The van der Waals surface area contributed by atoms with E-state index in [0.717, 1.165) is 12.1 Å². The van der Waals surface area contributed by atoms with E-state index < -0.39 is 14.9 Å². The number of nitrogens with zero attached hydrogens (tertiary/aromatic N) is 1. The van der Waals surface area contributed by atoms with E-state index in [1.54, 1.807) is 6.92 Å². The SMILES string of the molecule is CC#CCNS(=O)(=O)c1ccc([N+](=O)[O-])cc1. The van der Waals surface area contributed by atoms with Crippen molar-refractivity contribution >= 4 is 15.7 Å². The average Bonchev–Trinajstić information content (AvgIpc) is 2.29. The van der Waals surface area contributed by atoms with Crippen LogP contribution in [0, 0.1) is 22.0 Å². The first-order valence-corrected chi connectivity index (χ1v) is 6.09. The molecule has 0 aliphatic rings. The summed E-state index contributed by atoms with van der Waals surface area (Å²) in [5.41, 5.74) is -0.155. The van der Waals surface area contributed by atoms with Crippen LogP contribution in [0.1, 0.15) is 6.92 Å². The highest BCUT2D eigenvalue weighted by molar-refractivity contribution is 7.89. The third-order valence-corrected chi connectivity index (χ3v) is 3.30. The summed E-state index contributed by atoms with van der Waals surface area (Å²) < 4.78 is 25.5. The van der Waals surface area contributed by atoms with E-state index in [0.29, 0.717) is 0 Å². The van der Waals surface area contributed by atoms with Crippen molar-refractivity contribution in [2.45, 2.75) is 11.8 Å². The van der Waals surface area contributed by atoms with Crippen molar-refractivity contribution < 1.29 is 13.3 Å². The lowest BCUT2D eigenvalue weighted by atomic mass is 10.3. The molecule has 7 heteroatoms. The summed E-state index contributed by atoms with van der Waals surface area (Å²) in [5.74, 6) is 5.10. The molecular formula is C10H10N2O4S. The molecule has 90 valence electrons. The minimum absolute atomic E-state index is 0.00974. The number of non-ortho nitro benzene ring substituents is 1. The van der Waals surface area contributed by atoms with Crippen LogP contribution in [0.3, 0.4) is 0 Å². The molecule has 0 bridgehead atoms. The Morgan fingerprint density at radius 1 is 1.35 bits per heavy atom. The maximum Gasteiger partial charge on any atom is 0.269 e. The van der Waals surface area contributed by atoms with Crippen LogP contribution in [0.4, 0.5) is 5.69 Å². The smallest absolute Gasteiger partial charge is 0.258 e. The summed E-state index contributed by atoms with van der Waals surface area (Å²) in [6.45, 7) is 1.61. The minimum atomic E-state index is -3.65. The summed E-state index contributed by atoms with van der Waals surface area (Å²) >= 11 is 0. The van der Waals surface area contributed by atoms with Crippen LogP contribution in [-0.4, -0.2) is 19.9 Å². The monoisotopic (exact) mass is 254 g/mol. The Morgan fingerprint density at radius 3 is 2.41 bits per heavy atom. The van der Waals surface area contributed by atoms with Gasteiger partial charge in [0.05, 0.1) is 16.4 Å². The second-order valence-electron chi connectivity index (χ2n) is 3.00. The van der Waals surface area contributed by atoms with Gasteiger partial charge < -0.3 is 0 Å². The van der Waals surface area contributed by atoms with Gasteiger partial charge in [-0.05, 0) is 19.1 Å². The first kappa shape index (κ1) is 13.2. The molecule has 1 aromatic rings. The van der Waals surface area contributed by atoms with Gasteiger partial charge >= 0.3 is 0 Å². The van der Waals surface area contributed by atoms with Crippen molar-refractivity contribution in [3.8, 4) is 11.8 Å². The van der Waals surface area contributed by atoms with Gasteiger partial charge in [-0.25, -0.2) is 8.42 Å². The Morgan fingerprint density at radius 2 is 1.94 bits per heavy atom. The summed E-state index contributed by atoms with van der Waals surface area (Å²) in [5, 5.41) is 10.4. The van der Waals surface area contributed by atoms with E-state index in [-0.39, 0.29) is 17.1 Å². The molecule has 0 aromatic heterocycles. The third-order valence-electron chi connectivity index (χ3n) is 1.89. The zero-order valence-electron chi connectivity index (χ0n) is 9.00. The second kappa shape index (κ2) is 5.43. The molecule has 0 radical (unpaired) electrons. The van der Waals surface area contributed by atoms with Crippen LogP contribution in [0.15, 0.2) is 29.2 Å². The normalized spacial score (nSPS) is 10.4. The molecule has 6 nitrogen and oxygen atoms in total. The highest BCUT2D eigenvalue weighted by Crippen LogP contribution is 2.15. The molecule has 1 rings (SSSR count). The van der Waals surface area contributed by atoms with Crippen LogP contribution < -0.4 is 4.72 Å². The van der Waals surface area contributed by atoms with E-state index in [1.807, 2.05) is 0 Å². The van der Waals surface area contributed by atoms with Gasteiger partial charge in [0.25, 0.3) is 5.69 Å². The lowest BCUT2D eigenvalue weighted by Gasteiger charge is -2.02. The summed E-state index contributed by atoms with van der Waals surface area (Å²) in [6, 6.07) is 4.64. The first-order chi connectivity index (χ1) is 7.97. The van der Waals surface area contributed by atoms with Crippen molar-refractivity contribution in [3.63, 3.8) is 0 Å². The molecular weight excluding hydrogens is 244 g/mol. The van der Waals surface area contributed by atoms with Crippen molar-refractivity contribution in [2.75, 3.05) is 6.54 Å². The van der Waals surface area contributed by atoms with Crippen molar-refractivity contribution in [1.82, 2.24) is 4.72 Å². The van der Waals surface area contributed by atoms with E-state index in [1.165, 1.54) is 12.1 Å². The Kier molecular flexibility index (Phi) is 4.20. The predicted molar refractivity (Wildman–Crippen MR) is 61.7 cm³/mol. The molecule has 0 saturated carbocycles. The number of sulfonamides is 1. The van der Waals surface area contributed by atoms with Gasteiger partial charge in [0, 0.05) is 12.1 Å². The molecule has 0 amide bonds. The van der Waals surface area contributed by atoms with E-state index >= 15 is 0 Å². The Balaban J connectivity index is 2.91. The van der Waals surface area contributed by atoms with Gasteiger partial charge in [0.1, 0.15) is 0 Å². The molecule has 1 N–H and O–H groups in total. The minimum Gasteiger partial charge on any atom is -0.258 e. The number of benzene rings is 1. The number of hydrogen-bond donors (Lipinski definition) is 1. The summed E-state index contributed by atoms with van der Waals surface area (Å²) in [7, 11) is -3.65. The molecule has 17 heavy (non-hydrogen) atoms. The van der Waals surface area contributed by atoms with Crippen LogP contribution in [0.2, 0.25) is 0 Å². The predicted octanol–water partition coefficient (Wildman–Crippen LogP) is 0.896. The molecule has 0 atom stereocenters. The Labute approximate surface area is 98.9 Å². The van der Waals surface area contributed by atoms with Crippen LogP contribution >= 0.6 is 0 Å². The first-order valence-electron chi connectivity index (χ1n) is 4.61. The van der Waals surface area contributed by atoms with Crippen LogP contribution in [0.25, 0.3) is 0 Å². The standard InChI is InChI=1S/C10H10N2O4S/c1-2-3-8-11-17(15,16)10-6-4-9(5-7-10)12(13)14/h4-7,11H,8H2,1H3. The van der Waals surface area contributed by atoms with Crippen molar-refractivity contribution in [2.24, 2.45) is 0 Å². The fraction of sp³-hybridized carbons (Fsp3) is 0.200. The van der Waals surface area contributed by atoms with Crippen LogP contribution in [0.5, 0.6) is 0 Å². The number of hydrogen-bond acceptors (Lipinski definition) is 4. The zero-order valence-corrected chi connectivity index (χ0v) is 9.82. The fourth-order valence-electron chi connectivity index (χ4n) is 1.05. The second-order valence-corrected chi connectivity index (χ2v) is 4.77. The van der Waals surface area contributed by atoms with Crippen molar-refractivity contribution in [3.05, 3.63) is 34.4 Å². The molecule has 0 aliphatic carbocycles. The molecule has 0 unspecified atom stereocenters. The zero-order chi connectivity index (χ0) is 12.9. The van der Waals surface area contributed by atoms with E-state index in [2.05, 4.69) is 16.6 Å². The Hall–Kier alpha value is -1.91. The van der Waals surface area contributed by atoms with Gasteiger partial charge in [-0.3, -0.25) is 10.1 Å². The molecule has 0 saturated heterocycles. The van der Waals surface area contributed by atoms with Gasteiger partial charge in [-0.1, -0.05) is 5.92 Å². The lowest BCUT2D eigenvalue weighted by molar-refractivity contribution is -0.384. The number of nitrogens with one attached hydrogen (secondary N) is 1.